The van der Waals surface area contributed by atoms with Crippen molar-refractivity contribution in [3.8, 4) is 0 Å². The highest BCUT2D eigenvalue weighted by atomic mass is 35.5. The van der Waals surface area contributed by atoms with Gasteiger partial charge in [-0.15, -0.1) is 0 Å². The summed E-state index contributed by atoms with van der Waals surface area (Å²) in [5.41, 5.74) is 0.943. The number of aliphatic hydroxyl groups excluding tert-OH is 1. The van der Waals surface area contributed by atoms with Gasteiger partial charge in [0.2, 0.25) is 0 Å². The Labute approximate surface area is 144 Å². The van der Waals surface area contributed by atoms with Gasteiger partial charge in [0, 0.05) is 5.02 Å². The first-order valence-electron chi connectivity index (χ1n) is 7.63. The third-order valence-corrected chi connectivity index (χ3v) is 5.28. The summed E-state index contributed by atoms with van der Waals surface area (Å²) in [6.07, 6.45) is 1.85. The number of quaternary nitrogens is 1. The van der Waals surface area contributed by atoms with Crippen LogP contribution in [0.4, 0.5) is 0 Å². The Morgan fingerprint density at radius 2 is 2.00 bits per heavy atom. The maximum Gasteiger partial charge on any atom is 0.286 e. The smallest absolute Gasteiger partial charge is 0.286 e. The van der Waals surface area contributed by atoms with Crippen molar-refractivity contribution >= 4 is 40.5 Å². The zero-order chi connectivity index (χ0) is 16.2. The van der Waals surface area contributed by atoms with E-state index >= 15 is 0 Å². The van der Waals surface area contributed by atoms with E-state index in [0.29, 0.717) is 9.93 Å². The summed E-state index contributed by atoms with van der Waals surface area (Å²) < 4.78 is 0. The number of piperazine rings is 1. The van der Waals surface area contributed by atoms with E-state index in [9.17, 15) is 4.79 Å². The van der Waals surface area contributed by atoms with Crippen LogP contribution in [0.5, 0.6) is 0 Å². The predicted octanol–water partition coefficient (Wildman–Crippen LogP) is 0.503. The monoisotopic (exact) mass is 352 g/mol. The second-order valence-corrected chi connectivity index (χ2v) is 7.02. The van der Waals surface area contributed by atoms with Crippen LogP contribution in [0.3, 0.4) is 0 Å². The van der Waals surface area contributed by atoms with Crippen molar-refractivity contribution in [3.05, 3.63) is 39.8 Å². The minimum Gasteiger partial charge on any atom is -0.391 e. The van der Waals surface area contributed by atoms with E-state index in [1.807, 2.05) is 30.3 Å². The molecule has 0 saturated carbocycles. The number of hydrogen-bond acceptors (Lipinski definition) is 4. The number of amidine groups is 1. The van der Waals surface area contributed by atoms with Crippen molar-refractivity contribution in [1.82, 2.24) is 4.90 Å². The molecule has 7 heteroatoms. The van der Waals surface area contributed by atoms with E-state index in [1.54, 1.807) is 0 Å². The Bertz CT molecular complexity index is 637. The largest absolute Gasteiger partial charge is 0.391 e. The number of aliphatic imine (C=N–C) groups is 1. The molecule has 1 aromatic carbocycles. The lowest BCUT2D eigenvalue weighted by atomic mass is 10.2. The molecule has 2 heterocycles. The van der Waals surface area contributed by atoms with Crippen LogP contribution in [-0.4, -0.2) is 60.4 Å². The highest BCUT2D eigenvalue weighted by Crippen LogP contribution is 2.30. The first-order valence-corrected chi connectivity index (χ1v) is 8.82. The van der Waals surface area contributed by atoms with Crippen LogP contribution >= 0.6 is 23.4 Å². The number of halogens is 1. The molecule has 0 atom stereocenters. The number of amides is 1. The topological polar surface area (TPSA) is 57.3 Å². The minimum atomic E-state index is -0.176. The molecule has 2 aliphatic rings. The Balaban J connectivity index is 1.63. The van der Waals surface area contributed by atoms with E-state index in [4.69, 9.17) is 16.7 Å². The molecule has 2 aliphatic heterocycles. The molecule has 0 aliphatic carbocycles. The van der Waals surface area contributed by atoms with Crippen molar-refractivity contribution in [1.29, 1.82) is 0 Å². The van der Waals surface area contributed by atoms with Crippen molar-refractivity contribution in [2.75, 3.05) is 39.3 Å². The van der Waals surface area contributed by atoms with Gasteiger partial charge >= 0.3 is 0 Å². The summed E-state index contributed by atoms with van der Waals surface area (Å²) in [5.74, 6) is -0.176. The van der Waals surface area contributed by atoms with Crippen LogP contribution in [0, 0.1) is 0 Å². The molecule has 0 unspecified atom stereocenters. The molecule has 0 bridgehead atoms. The maximum atomic E-state index is 12.1. The highest BCUT2D eigenvalue weighted by molar-refractivity contribution is 8.18. The number of rotatable bonds is 3. The molecular weight excluding hydrogens is 334 g/mol. The molecule has 0 radical (unpaired) electrons. The number of nitrogens with zero attached hydrogens (tertiary/aromatic N) is 2. The minimum absolute atomic E-state index is 0.176. The zero-order valence-electron chi connectivity index (χ0n) is 12.7. The lowest BCUT2D eigenvalue weighted by molar-refractivity contribution is -0.904. The summed E-state index contributed by atoms with van der Waals surface area (Å²) in [5, 5.41) is 10.5. The fourth-order valence-electron chi connectivity index (χ4n) is 2.67. The van der Waals surface area contributed by atoms with E-state index < -0.39 is 0 Å². The Kier molecular flexibility index (Phi) is 5.38. The van der Waals surface area contributed by atoms with Crippen LogP contribution < -0.4 is 4.90 Å². The molecule has 1 saturated heterocycles. The number of carbonyl (C=O) groups excluding carboxylic acids is 1. The first-order chi connectivity index (χ1) is 11.2. The molecule has 2 N–H and O–H groups in total. The SMILES string of the molecule is O=C1N=C(N2CC[NH+](CCO)CC2)S/C1=C/c1ccc(Cl)cc1. The van der Waals surface area contributed by atoms with Crippen molar-refractivity contribution in [2.24, 2.45) is 4.99 Å². The number of carbonyl (C=O) groups is 1. The molecule has 5 nitrogen and oxygen atoms in total. The van der Waals surface area contributed by atoms with E-state index in [0.717, 1.165) is 43.5 Å². The second-order valence-electron chi connectivity index (χ2n) is 5.57. The molecule has 122 valence electrons. The van der Waals surface area contributed by atoms with Gasteiger partial charge in [0.25, 0.3) is 5.91 Å². The fourth-order valence-corrected chi connectivity index (χ4v) is 3.76. The molecule has 0 spiro atoms. The number of benzene rings is 1. The van der Waals surface area contributed by atoms with Gasteiger partial charge in [0.1, 0.15) is 6.54 Å². The fraction of sp³-hybridized carbons (Fsp3) is 0.375. The summed E-state index contributed by atoms with van der Waals surface area (Å²) in [6, 6.07) is 7.39. The van der Waals surface area contributed by atoms with Gasteiger partial charge in [-0.25, -0.2) is 0 Å². The molecule has 23 heavy (non-hydrogen) atoms. The van der Waals surface area contributed by atoms with E-state index in [2.05, 4.69) is 9.89 Å². The average molecular weight is 353 g/mol. The molecule has 1 fully saturated rings. The highest BCUT2D eigenvalue weighted by Gasteiger charge is 2.29. The van der Waals surface area contributed by atoms with Gasteiger partial charge in [-0.2, -0.15) is 4.99 Å². The summed E-state index contributed by atoms with van der Waals surface area (Å²) in [7, 11) is 0. The van der Waals surface area contributed by atoms with Crippen molar-refractivity contribution < 1.29 is 14.8 Å². The molecule has 3 rings (SSSR count). The maximum absolute atomic E-state index is 12.1. The third kappa shape index (κ3) is 4.14. The number of hydrogen-bond donors (Lipinski definition) is 2. The van der Waals surface area contributed by atoms with Gasteiger partial charge in [-0.05, 0) is 35.5 Å². The van der Waals surface area contributed by atoms with E-state index in [-0.39, 0.29) is 12.5 Å². The standard InChI is InChI=1S/C16H18ClN3O2S/c17-13-3-1-12(2-4-13)11-14-15(22)18-16(23-14)20-7-5-19(6-8-20)9-10-21/h1-4,11,21H,5-10H2/p+1/b14-11+. The summed E-state index contributed by atoms with van der Waals surface area (Å²) in [6.45, 7) is 4.66. The van der Waals surface area contributed by atoms with Gasteiger partial charge < -0.3 is 14.9 Å². The van der Waals surface area contributed by atoms with Crippen LogP contribution in [-0.2, 0) is 4.79 Å². The van der Waals surface area contributed by atoms with Crippen LogP contribution in [0.15, 0.2) is 34.2 Å². The third-order valence-electron chi connectivity index (χ3n) is 3.98. The predicted molar refractivity (Wildman–Crippen MR) is 93.7 cm³/mol. The average Bonchev–Trinajstić information content (AvgIpc) is 2.92. The van der Waals surface area contributed by atoms with Crippen LogP contribution in [0.1, 0.15) is 5.56 Å². The van der Waals surface area contributed by atoms with E-state index in [1.165, 1.54) is 16.7 Å². The molecular formula is C16H19ClN3O2S+. The van der Waals surface area contributed by atoms with Gasteiger partial charge in [-0.3, -0.25) is 4.79 Å². The quantitative estimate of drug-likeness (QED) is 0.778. The van der Waals surface area contributed by atoms with Gasteiger partial charge in [0.15, 0.2) is 5.17 Å². The molecule has 1 aromatic rings. The van der Waals surface area contributed by atoms with Gasteiger partial charge in [0.05, 0.1) is 37.7 Å². The van der Waals surface area contributed by atoms with Crippen LogP contribution in [0.2, 0.25) is 5.02 Å². The Morgan fingerprint density at radius 1 is 1.30 bits per heavy atom. The normalized spacial score (nSPS) is 21.1. The Morgan fingerprint density at radius 3 is 2.65 bits per heavy atom. The number of aliphatic hydroxyl groups is 1. The van der Waals surface area contributed by atoms with Crippen LogP contribution in [0.25, 0.3) is 6.08 Å². The Hall–Kier alpha value is -1.34. The lowest BCUT2D eigenvalue weighted by Gasteiger charge is -2.32. The second kappa shape index (κ2) is 7.49. The summed E-state index contributed by atoms with van der Waals surface area (Å²) in [4.78, 5) is 20.5. The van der Waals surface area contributed by atoms with Crippen molar-refractivity contribution in [2.45, 2.75) is 0 Å². The number of nitrogens with one attached hydrogen (secondary N) is 1. The lowest BCUT2D eigenvalue weighted by Crippen LogP contribution is -3.15. The van der Waals surface area contributed by atoms with Gasteiger partial charge in [-0.1, -0.05) is 23.7 Å². The number of thioether (sulfide) groups is 1. The summed E-state index contributed by atoms with van der Waals surface area (Å²) >= 11 is 7.31. The molecule has 1 amide bonds. The zero-order valence-corrected chi connectivity index (χ0v) is 14.2. The van der Waals surface area contributed by atoms with Crippen molar-refractivity contribution in [3.63, 3.8) is 0 Å². The first kappa shape index (κ1) is 16.5. The molecule has 0 aromatic heterocycles.